The van der Waals surface area contributed by atoms with Crippen LogP contribution in [0.4, 0.5) is 9.52 Å². The highest BCUT2D eigenvalue weighted by Gasteiger charge is 2.17. The second kappa shape index (κ2) is 6.03. The fraction of sp³-hybridized carbons (Fsp3) is 0.125. The van der Waals surface area contributed by atoms with Crippen molar-refractivity contribution in [2.24, 2.45) is 0 Å². The van der Waals surface area contributed by atoms with Crippen LogP contribution in [0.3, 0.4) is 0 Å². The maximum absolute atomic E-state index is 13.9. The number of ether oxygens (including phenoxy) is 2. The Kier molecular flexibility index (Phi) is 3.85. The highest BCUT2D eigenvalue weighted by molar-refractivity contribution is 9.10. The molecule has 8 heteroatoms. The van der Waals surface area contributed by atoms with Gasteiger partial charge in [0.1, 0.15) is 19.0 Å². The van der Waals surface area contributed by atoms with E-state index in [4.69, 9.17) is 9.47 Å². The standard InChI is InChI=1S/C16H10BrFN2O3S/c17-8-1-2-9(10(18)5-8)15(21)20-16-19-11-6-12-13(7-14(11)24-16)23-4-3-22-12/h1-2,5-7H,3-4H2,(H,19,20,21). The fourth-order valence-electron chi connectivity index (χ4n) is 2.36. The number of halogens is 2. The van der Waals surface area contributed by atoms with E-state index < -0.39 is 11.7 Å². The molecule has 1 aliphatic rings. The van der Waals surface area contributed by atoms with Crippen molar-refractivity contribution in [1.29, 1.82) is 0 Å². The van der Waals surface area contributed by atoms with E-state index in [9.17, 15) is 9.18 Å². The molecular weight excluding hydrogens is 399 g/mol. The zero-order chi connectivity index (χ0) is 16.7. The molecule has 0 saturated carbocycles. The van der Waals surface area contributed by atoms with Gasteiger partial charge in [-0.1, -0.05) is 27.3 Å². The van der Waals surface area contributed by atoms with E-state index in [0.29, 0.717) is 39.8 Å². The van der Waals surface area contributed by atoms with Crippen LogP contribution in [-0.4, -0.2) is 24.1 Å². The number of fused-ring (bicyclic) bond motifs is 2. The number of hydrogen-bond donors (Lipinski definition) is 1. The molecule has 122 valence electrons. The first-order valence-electron chi connectivity index (χ1n) is 7.07. The third-order valence-corrected chi connectivity index (χ3v) is 4.88. The number of hydrogen-bond acceptors (Lipinski definition) is 5. The van der Waals surface area contributed by atoms with E-state index in [1.165, 1.54) is 23.5 Å². The monoisotopic (exact) mass is 408 g/mol. The van der Waals surface area contributed by atoms with E-state index in [1.54, 1.807) is 12.1 Å². The highest BCUT2D eigenvalue weighted by Crippen LogP contribution is 2.37. The minimum Gasteiger partial charge on any atom is -0.486 e. The zero-order valence-corrected chi connectivity index (χ0v) is 14.5. The minimum atomic E-state index is -0.597. The molecule has 0 fully saturated rings. The lowest BCUT2D eigenvalue weighted by atomic mass is 10.2. The van der Waals surface area contributed by atoms with Gasteiger partial charge in [-0.25, -0.2) is 9.37 Å². The van der Waals surface area contributed by atoms with E-state index >= 15 is 0 Å². The van der Waals surface area contributed by atoms with Gasteiger partial charge in [0.05, 0.1) is 15.8 Å². The van der Waals surface area contributed by atoms with E-state index in [0.717, 1.165) is 4.70 Å². The Morgan fingerprint density at radius 2 is 1.96 bits per heavy atom. The van der Waals surface area contributed by atoms with Crippen LogP contribution in [0.5, 0.6) is 11.5 Å². The topological polar surface area (TPSA) is 60.5 Å². The van der Waals surface area contributed by atoms with Crippen molar-refractivity contribution in [3.8, 4) is 11.5 Å². The number of benzene rings is 2. The first-order valence-corrected chi connectivity index (χ1v) is 8.68. The van der Waals surface area contributed by atoms with Crippen molar-refractivity contribution in [2.45, 2.75) is 0 Å². The molecule has 4 rings (SSSR count). The average molecular weight is 409 g/mol. The van der Waals surface area contributed by atoms with Gasteiger partial charge in [0.25, 0.3) is 5.91 Å². The number of carbonyl (C=O) groups excluding carboxylic acids is 1. The molecule has 1 amide bonds. The summed E-state index contributed by atoms with van der Waals surface area (Å²) in [6.07, 6.45) is 0. The molecule has 2 heterocycles. The summed E-state index contributed by atoms with van der Waals surface area (Å²) in [4.78, 5) is 16.6. The molecule has 5 nitrogen and oxygen atoms in total. The van der Waals surface area contributed by atoms with Crippen LogP contribution >= 0.6 is 27.3 Å². The van der Waals surface area contributed by atoms with E-state index in [-0.39, 0.29) is 5.56 Å². The largest absolute Gasteiger partial charge is 0.486 e. The maximum atomic E-state index is 13.9. The van der Waals surface area contributed by atoms with Crippen LogP contribution in [-0.2, 0) is 0 Å². The first-order chi connectivity index (χ1) is 11.6. The van der Waals surface area contributed by atoms with Gasteiger partial charge >= 0.3 is 0 Å². The fourth-order valence-corrected chi connectivity index (χ4v) is 3.56. The van der Waals surface area contributed by atoms with Crippen LogP contribution in [0, 0.1) is 5.82 Å². The van der Waals surface area contributed by atoms with Crippen molar-refractivity contribution in [3.63, 3.8) is 0 Å². The van der Waals surface area contributed by atoms with E-state index in [2.05, 4.69) is 26.2 Å². The molecule has 0 spiro atoms. The Bertz CT molecular complexity index is 917. The molecule has 0 unspecified atom stereocenters. The molecule has 3 aromatic rings. The molecule has 1 aliphatic heterocycles. The summed E-state index contributed by atoms with van der Waals surface area (Å²) >= 11 is 4.45. The third kappa shape index (κ3) is 2.83. The van der Waals surface area contributed by atoms with Gasteiger partial charge in [0.15, 0.2) is 16.6 Å². The molecule has 0 aliphatic carbocycles. The molecular formula is C16H10BrFN2O3S. The van der Waals surface area contributed by atoms with Crippen molar-refractivity contribution < 1.29 is 18.7 Å². The van der Waals surface area contributed by atoms with Crippen LogP contribution in [0.2, 0.25) is 0 Å². The van der Waals surface area contributed by atoms with Crippen molar-refractivity contribution in [1.82, 2.24) is 4.98 Å². The molecule has 1 aromatic heterocycles. The molecule has 0 saturated heterocycles. The summed E-state index contributed by atoms with van der Waals surface area (Å²) < 4.78 is 26.3. The lowest BCUT2D eigenvalue weighted by Crippen LogP contribution is -2.15. The number of carbonyl (C=O) groups is 1. The lowest BCUT2D eigenvalue weighted by Gasteiger charge is -2.17. The Hall–Kier alpha value is -2.19. The van der Waals surface area contributed by atoms with Crippen LogP contribution < -0.4 is 14.8 Å². The molecule has 2 aromatic carbocycles. The summed E-state index contributed by atoms with van der Waals surface area (Å²) in [6.45, 7) is 0.999. The van der Waals surface area contributed by atoms with Gasteiger partial charge in [-0.3, -0.25) is 10.1 Å². The normalized spacial score (nSPS) is 13.1. The smallest absolute Gasteiger partial charge is 0.260 e. The Morgan fingerprint density at radius 3 is 2.71 bits per heavy atom. The number of nitrogens with zero attached hydrogens (tertiary/aromatic N) is 1. The molecule has 24 heavy (non-hydrogen) atoms. The molecule has 0 atom stereocenters. The third-order valence-electron chi connectivity index (χ3n) is 3.45. The Morgan fingerprint density at radius 1 is 1.21 bits per heavy atom. The zero-order valence-electron chi connectivity index (χ0n) is 12.1. The average Bonchev–Trinajstić information content (AvgIpc) is 2.93. The number of aromatic nitrogens is 1. The highest BCUT2D eigenvalue weighted by atomic mass is 79.9. The van der Waals surface area contributed by atoms with E-state index in [1.807, 2.05) is 6.07 Å². The van der Waals surface area contributed by atoms with Crippen molar-refractivity contribution >= 4 is 48.5 Å². The Labute approximate surface area is 148 Å². The SMILES string of the molecule is O=C(Nc1nc2cc3c(cc2s1)OCCO3)c1ccc(Br)cc1F. The summed E-state index contributed by atoms with van der Waals surface area (Å²) in [5.41, 5.74) is 0.652. The van der Waals surface area contributed by atoms with Gasteiger partial charge < -0.3 is 9.47 Å². The second-order valence-electron chi connectivity index (χ2n) is 5.06. The summed E-state index contributed by atoms with van der Waals surface area (Å²) in [7, 11) is 0. The minimum absolute atomic E-state index is 0.0385. The van der Waals surface area contributed by atoms with Gasteiger partial charge in [-0.15, -0.1) is 0 Å². The van der Waals surface area contributed by atoms with Gasteiger partial charge in [-0.2, -0.15) is 0 Å². The number of nitrogens with one attached hydrogen (secondary N) is 1. The summed E-state index contributed by atoms with van der Waals surface area (Å²) in [5, 5.41) is 3.02. The predicted octanol–water partition coefficient (Wildman–Crippen LogP) is 4.22. The summed E-state index contributed by atoms with van der Waals surface area (Å²) in [6, 6.07) is 7.88. The van der Waals surface area contributed by atoms with Crippen LogP contribution in [0.15, 0.2) is 34.8 Å². The molecule has 1 N–H and O–H groups in total. The van der Waals surface area contributed by atoms with Crippen molar-refractivity contribution in [3.05, 3.63) is 46.2 Å². The second-order valence-corrected chi connectivity index (χ2v) is 7.01. The van der Waals surface area contributed by atoms with Gasteiger partial charge in [0, 0.05) is 16.6 Å². The number of anilines is 1. The number of thiazole rings is 1. The maximum Gasteiger partial charge on any atom is 0.260 e. The van der Waals surface area contributed by atoms with Gasteiger partial charge in [-0.05, 0) is 18.2 Å². The van der Waals surface area contributed by atoms with Gasteiger partial charge in [0.2, 0.25) is 0 Å². The Balaban J connectivity index is 1.63. The molecule has 0 radical (unpaired) electrons. The molecule has 0 bridgehead atoms. The first kappa shape index (κ1) is 15.3. The van der Waals surface area contributed by atoms with Crippen LogP contribution in [0.25, 0.3) is 10.2 Å². The lowest BCUT2D eigenvalue weighted by molar-refractivity contribution is 0.102. The van der Waals surface area contributed by atoms with Crippen LogP contribution in [0.1, 0.15) is 10.4 Å². The summed E-state index contributed by atoms with van der Waals surface area (Å²) in [5.74, 6) is 0.154. The number of rotatable bonds is 2. The quantitative estimate of drug-likeness (QED) is 0.689. The predicted molar refractivity (Wildman–Crippen MR) is 92.7 cm³/mol. The van der Waals surface area contributed by atoms with Crippen molar-refractivity contribution in [2.75, 3.05) is 18.5 Å². The number of amides is 1.